The first-order valence-electron chi connectivity index (χ1n) is 6.74. The van der Waals surface area contributed by atoms with Crippen LogP contribution in [-0.4, -0.2) is 10.2 Å². The van der Waals surface area contributed by atoms with Gasteiger partial charge in [-0.15, -0.1) is 0 Å². The SMILES string of the molecule is Cc1ccc(F)c(-c2[nH]nc(N)c2-c2ccccc2C)c1. The van der Waals surface area contributed by atoms with Crippen LogP contribution in [0.1, 0.15) is 11.1 Å². The fourth-order valence-corrected chi connectivity index (χ4v) is 2.51. The molecule has 0 unspecified atom stereocenters. The number of hydrogen-bond donors (Lipinski definition) is 2. The van der Waals surface area contributed by atoms with Gasteiger partial charge in [0.1, 0.15) is 5.82 Å². The third-order valence-electron chi connectivity index (χ3n) is 3.60. The van der Waals surface area contributed by atoms with Crippen LogP contribution in [0.5, 0.6) is 0 Å². The summed E-state index contributed by atoms with van der Waals surface area (Å²) in [6, 6.07) is 12.9. The van der Waals surface area contributed by atoms with E-state index in [4.69, 9.17) is 5.73 Å². The summed E-state index contributed by atoms with van der Waals surface area (Å²) < 4.78 is 14.2. The number of hydrogen-bond acceptors (Lipinski definition) is 2. The van der Waals surface area contributed by atoms with Gasteiger partial charge < -0.3 is 5.73 Å². The van der Waals surface area contributed by atoms with Gasteiger partial charge in [-0.1, -0.05) is 35.9 Å². The third kappa shape index (κ3) is 2.29. The topological polar surface area (TPSA) is 54.7 Å². The molecule has 0 radical (unpaired) electrons. The molecule has 1 heterocycles. The number of H-pyrrole nitrogens is 1. The lowest BCUT2D eigenvalue weighted by Gasteiger charge is -2.09. The Morgan fingerprint density at radius 3 is 2.57 bits per heavy atom. The van der Waals surface area contributed by atoms with Gasteiger partial charge >= 0.3 is 0 Å². The second kappa shape index (κ2) is 5.05. The second-order valence-corrected chi connectivity index (χ2v) is 5.16. The lowest BCUT2D eigenvalue weighted by molar-refractivity contribution is 0.630. The van der Waals surface area contributed by atoms with E-state index in [0.717, 1.165) is 22.3 Å². The van der Waals surface area contributed by atoms with Crippen molar-refractivity contribution in [1.82, 2.24) is 10.2 Å². The third-order valence-corrected chi connectivity index (χ3v) is 3.60. The van der Waals surface area contributed by atoms with Gasteiger partial charge in [0.25, 0.3) is 0 Å². The molecule has 2 aromatic carbocycles. The van der Waals surface area contributed by atoms with Gasteiger partial charge in [-0.25, -0.2) is 4.39 Å². The van der Waals surface area contributed by atoms with Crippen LogP contribution in [0.25, 0.3) is 22.4 Å². The zero-order valence-corrected chi connectivity index (χ0v) is 11.9. The Labute approximate surface area is 122 Å². The van der Waals surface area contributed by atoms with Crippen molar-refractivity contribution in [1.29, 1.82) is 0 Å². The van der Waals surface area contributed by atoms with Gasteiger partial charge in [0.05, 0.1) is 11.3 Å². The average Bonchev–Trinajstić information content (AvgIpc) is 2.84. The molecule has 0 saturated carbocycles. The van der Waals surface area contributed by atoms with Crippen LogP contribution < -0.4 is 5.73 Å². The summed E-state index contributed by atoms with van der Waals surface area (Å²) in [5.41, 5.74) is 10.9. The van der Waals surface area contributed by atoms with E-state index < -0.39 is 0 Å². The van der Waals surface area contributed by atoms with Crippen LogP contribution in [0.15, 0.2) is 42.5 Å². The first kappa shape index (κ1) is 13.4. The van der Waals surface area contributed by atoms with Crippen molar-refractivity contribution in [2.75, 3.05) is 5.73 Å². The maximum atomic E-state index is 14.2. The van der Waals surface area contributed by atoms with E-state index in [1.807, 2.05) is 38.1 Å². The van der Waals surface area contributed by atoms with Crippen molar-refractivity contribution in [3.8, 4) is 22.4 Å². The molecule has 0 atom stereocenters. The van der Waals surface area contributed by atoms with Crippen LogP contribution in [0.3, 0.4) is 0 Å². The van der Waals surface area contributed by atoms with Crippen molar-refractivity contribution in [3.05, 3.63) is 59.4 Å². The van der Waals surface area contributed by atoms with Crippen LogP contribution in [0.4, 0.5) is 10.2 Å². The van der Waals surface area contributed by atoms with Crippen LogP contribution in [0, 0.1) is 19.7 Å². The summed E-state index contributed by atoms with van der Waals surface area (Å²) in [6.07, 6.45) is 0. The van der Waals surface area contributed by atoms with Crippen molar-refractivity contribution in [2.24, 2.45) is 0 Å². The molecule has 106 valence electrons. The minimum absolute atomic E-state index is 0.293. The average molecular weight is 281 g/mol. The number of nitrogen functional groups attached to an aromatic ring is 1. The predicted octanol–water partition coefficient (Wildman–Crippen LogP) is 4.08. The zero-order chi connectivity index (χ0) is 15.0. The highest BCUT2D eigenvalue weighted by Gasteiger charge is 2.18. The number of aromatic nitrogens is 2. The largest absolute Gasteiger partial charge is 0.382 e. The number of nitrogens with one attached hydrogen (secondary N) is 1. The number of rotatable bonds is 2. The Kier molecular flexibility index (Phi) is 3.22. The molecule has 1 aromatic heterocycles. The quantitative estimate of drug-likeness (QED) is 0.743. The summed E-state index contributed by atoms with van der Waals surface area (Å²) in [5, 5.41) is 6.94. The number of aromatic amines is 1. The lowest BCUT2D eigenvalue weighted by Crippen LogP contribution is -1.92. The lowest BCUT2D eigenvalue weighted by atomic mass is 9.96. The predicted molar refractivity (Wildman–Crippen MR) is 83.3 cm³/mol. The van der Waals surface area contributed by atoms with E-state index >= 15 is 0 Å². The normalized spacial score (nSPS) is 10.8. The van der Waals surface area contributed by atoms with E-state index in [0.29, 0.717) is 17.1 Å². The first-order valence-corrected chi connectivity index (χ1v) is 6.74. The highest BCUT2D eigenvalue weighted by molar-refractivity contribution is 5.89. The molecule has 0 aliphatic rings. The van der Waals surface area contributed by atoms with Gasteiger partial charge in [0, 0.05) is 5.56 Å². The molecule has 3 N–H and O–H groups in total. The number of nitrogens with zero attached hydrogens (tertiary/aromatic N) is 1. The highest BCUT2D eigenvalue weighted by atomic mass is 19.1. The van der Waals surface area contributed by atoms with E-state index in [9.17, 15) is 4.39 Å². The molecule has 0 aliphatic heterocycles. The van der Waals surface area contributed by atoms with Gasteiger partial charge in [-0.3, -0.25) is 5.10 Å². The summed E-state index contributed by atoms with van der Waals surface area (Å²) in [5.74, 6) is 0.0827. The van der Waals surface area contributed by atoms with E-state index in [1.54, 1.807) is 12.1 Å². The van der Waals surface area contributed by atoms with Crippen LogP contribution >= 0.6 is 0 Å². The second-order valence-electron chi connectivity index (χ2n) is 5.16. The summed E-state index contributed by atoms with van der Waals surface area (Å²) in [7, 11) is 0. The molecule has 21 heavy (non-hydrogen) atoms. The Hall–Kier alpha value is -2.62. The van der Waals surface area contributed by atoms with E-state index in [1.165, 1.54) is 6.07 Å². The Balaban J connectivity index is 2.27. The molecule has 0 fully saturated rings. The van der Waals surface area contributed by atoms with Crippen molar-refractivity contribution >= 4 is 5.82 Å². The Morgan fingerprint density at radius 1 is 1.05 bits per heavy atom. The smallest absolute Gasteiger partial charge is 0.153 e. The maximum Gasteiger partial charge on any atom is 0.153 e. The highest BCUT2D eigenvalue weighted by Crippen LogP contribution is 2.37. The molecule has 4 heteroatoms. The van der Waals surface area contributed by atoms with E-state index in [2.05, 4.69) is 10.2 Å². The monoisotopic (exact) mass is 281 g/mol. The van der Waals surface area contributed by atoms with Gasteiger partial charge in [0.15, 0.2) is 5.82 Å². The summed E-state index contributed by atoms with van der Waals surface area (Å²) >= 11 is 0. The number of aryl methyl sites for hydroxylation is 2. The van der Waals surface area contributed by atoms with Gasteiger partial charge in [-0.2, -0.15) is 5.10 Å². The fraction of sp³-hybridized carbons (Fsp3) is 0.118. The molecule has 0 aliphatic carbocycles. The molecule has 3 aromatic rings. The van der Waals surface area contributed by atoms with Crippen molar-refractivity contribution in [2.45, 2.75) is 13.8 Å². The minimum atomic E-state index is -0.293. The zero-order valence-electron chi connectivity index (χ0n) is 11.9. The molecule has 3 nitrogen and oxygen atoms in total. The molecule has 0 bridgehead atoms. The minimum Gasteiger partial charge on any atom is -0.382 e. The molecule has 0 spiro atoms. The van der Waals surface area contributed by atoms with Crippen LogP contribution in [0.2, 0.25) is 0 Å². The number of halogens is 1. The molecule has 0 amide bonds. The Bertz CT molecular complexity index is 806. The first-order chi connectivity index (χ1) is 10.1. The maximum absolute atomic E-state index is 14.2. The molecule has 3 rings (SSSR count). The number of benzene rings is 2. The Morgan fingerprint density at radius 2 is 1.81 bits per heavy atom. The summed E-state index contributed by atoms with van der Waals surface area (Å²) in [6.45, 7) is 3.92. The standard InChI is InChI=1S/C17H16FN3/c1-10-7-8-14(18)13(9-10)16-15(17(19)21-20-16)12-6-4-3-5-11(12)2/h3-9H,1-2H3,(H3,19,20,21). The van der Waals surface area contributed by atoms with Crippen molar-refractivity contribution < 1.29 is 4.39 Å². The number of nitrogens with two attached hydrogens (primary N) is 1. The van der Waals surface area contributed by atoms with Crippen LogP contribution in [-0.2, 0) is 0 Å². The van der Waals surface area contributed by atoms with Gasteiger partial charge in [-0.05, 0) is 37.1 Å². The summed E-state index contributed by atoms with van der Waals surface area (Å²) in [4.78, 5) is 0. The van der Waals surface area contributed by atoms with E-state index in [-0.39, 0.29) is 5.82 Å². The fourth-order valence-electron chi connectivity index (χ4n) is 2.51. The molecular formula is C17H16FN3. The van der Waals surface area contributed by atoms with Gasteiger partial charge in [0.2, 0.25) is 0 Å². The van der Waals surface area contributed by atoms with Crippen molar-refractivity contribution in [3.63, 3.8) is 0 Å². The molecular weight excluding hydrogens is 265 g/mol. The molecule has 0 saturated heterocycles. The number of anilines is 1.